The van der Waals surface area contributed by atoms with E-state index in [1.165, 1.54) is 6.26 Å². The molecule has 1 aliphatic heterocycles. The Bertz CT molecular complexity index is 486. The quantitative estimate of drug-likeness (QED) is 0.868. The molecule has 2 rings (SSSR count). The lowest BCUT2D eigenvalue weighted by Crippen LogP contribution is -2.53. The standard InChI is InChI=1S/C15H22N2O4/c1-10-5-6-12(9-18)8-17(10)15(20)11(2)16-14(19)13-4-3-7-21-13/h3-4,7,10-12,18H,5-6,8-9H2,1-2H3,(H,16,19). The van der Waals surface area contributed by atoms with Crippen LogP contribution in [0.5, 0.6) is 0 Å². The number of amides is 2. The number of furan rings is 1. The molecule has 2 N–H and O–H groups in total. The van der Waals surface area contributed by atoms with Crippen molar-refractivity contribution in [3.63, 3.8) is 0 Å². The summed E-state index contributed by atoms with van der Waals surface area (Å²) in [7, 11) is 0. The molecule has 1 aliphatic rings. The van der Waals surface area contributed by atoms with Crippen molar-refractivity contribution in [3.05, 3.63) is 24.2 Å². The maximum Gasteiger partial charge on any atom is 0.287 e. The Kier molecular flexibility index (Phi) is 5.01. The Hall–Kier alpha value is -1.82. The van der Waals surface area contributed by atoms with E-state index in [0.717, 1.165) is 12.8 Å². The Labute approximate surface area is 124 Å². The average molecular weight is 294 g/mol. The van der Waals surface area contributed by atoms with Gasteiger partial charge in [-0.25, -0.2) is 0 Å². The number of nitrogens with one attached hydrogen (secondary N) is 1. The molecule has 0 aliphatic carbocycles. The molecule has 3 atom stereocenters. The molecule has 0 bridgehead atoms. The summed E-state index contributed by atoms with van der Waals surface area (Å²) >= 11 is 0. The van der Waals surface area contributed by atoms with Crippen LogP contribution in [0.4, 0.5) is 0 Å². The molecule has 2 amide bonds. The van der Waals surface area contributed by atoms with Crippen LogP contribution in [0.25, 0.3) is 0 Å². The first kappa shape index (κ1) is 15.6. The summed E-state index contributed by atoms with van der Waals surface area (Å²) in [4.78, 5) is 26.1. The van der Waals surface area contributed by atoms with Gasteiger partial charge in [0.05, 0.1) is 6.26 Å². The van der Waals surface area contributed by atoms with Crippen LogP contribution in [0.15, 0.2) is 22.8 Å². The van der Waals surface area contributed by atoms with E-state index in [2.05, 4.69) is 5.32 Å². The fourth-order valence-electron chi connectivity index (χ4n) is 2.62. The van der Waals surface area contributed by atoms with Crippen molar-refractivity contribution in [2.24, 2.45) is 5.92 Å². The first-order valence-electron chi connectivity index (χ1n) is 7.28. The number of hydrogen-bond acceptors (Lipinski definition) is 4. The highest BCUT2D eigenvalue weighted by atomic mass is 16.3. The van der Waals surface area contributed by atoms with E-state index in [0.29, 0.717) is 6.54 Å². The zero-order valence-corrected chi connectivity index (χ0v) is 12.4. The van der Waals surface area contributed by atoms with E-state index in [4.69, 9.17) is 4.42 Å². The summed E-state index contributed by atoms with van der Waals surface area (Å²) in [5, 5.41) is 11.9. The van der Waals surface area contributed by atoms with Gasteiger partial charge in [0, 0.05) is 19.2 Å². The molecule has 1 fully saturated rings. The number of likely N-dealkylation sites (tertiary alicyclic amines) is 1. The van der Waals surface area contributed by atoms with Crippen LogP contribution in [0, 0.1) is 5.92 Å². The van der Waals surface area contributed by atoms with Gasteiger partial charge in [0.25, 0.3) is 5.91 Å². The van der Waals surface area contributed by atoms with Crippen LogP contribution in [0.1, 0.15) is 37.2 Å². The first-order chi connectivity index (χ1) is 10.0. The lowest BCUT2D eigenvalue weighted by atomic mass is 9.93. The normalized spacial score (nSPS) is 23.7. The number of hydrogen-bond donors (Lipinski definition) is 2. The van der Waals surface area contributed by atoms with Gasteiger partial charge >= 0.3 is 0 Å². The van der Waals surface area contributed by atoms with Gasteiger partial charge in [0.15, 0.2) is 5.76 Å². The molecule has 6 nitrogen and oxygen atoms in total. The van der Waals surface area contributed by atoms with Crippen molar-refractivity contribution >= 4 is 11.8 Å². The second-order valence-corrected chi connectivity index (χ2v) is 5.64. The van der Waals surface area contributed by atoms with Gasteiger partial charge in [-0.1, -0.05) is 0 Å². The lowest BCUT2D eigenvalue weighted by molar-refractivity contribution is -0.137. The summed E-state index contributed by atoms with van der Waals surface area (Å²) in [5.74, 6) is -0.211. The van der Waals surface area contributed by atoms with Crippen LogP contribution in [-0.2, 0) is 4.79 Å². The molecule has 0 aromatic carbocycles. The summed E-state index contributed by atoms with van der Waals surface area (Å²) in [6.07, 6.45) is 3.21. The Morgan fingerprint density at radius 2 is 2.29 bits per heavy atom. The van der Waals surface area contributed by atoms with Crippen LogP contribution in [0.3, 0.4) is 0 Å². The number of rotatable bonds is 4. The van der Waals surface area contributed by atoms with Crippen LogP contribution in [-0.4, -0.2) is 47.1 Å². The second kappa shape index (κ2) is 6.76. The average Bonchev–Trinajstić information content (AvgIpc) is 3.01. The third-order valence-electron chi connectivity index (χ3n) is 3.98. The highest BCUT2D eigenvalue weighted by Gasteiger charge is 2.31. The molecule has 116 valence electrons. The zero-order valence-electron chi connectivity index (χ0n) is 12.4. The molecule has 0 radical (unpaired) electrons. The van der Waals surface area contributed by atoms with Crippen LogP contribution in [0.2, 0.25) is 0 Å². The van der Waals surface area contributed by atoms with Gasteiger partial charge < -0.3 is 19.7 Å². The first-order valence-corrected chi connectivity index (χ1v) is 7.28. The van der Waals surface area contributed by atoms with Crippen molar-refractivity contribution < 1.29 is 19.1 Å². The minimum absolute atomic E-state index is 0.0869. The lowest BCUT2D eigenvalue weighted by Gasteiger charge is -2.38. The van der Waals surface area contributed by atoms with E-state index in [1.807, 2.05) is 6.92 Å². The SMILES string of the molecule is CC(NC(=O)c1ccco1)C(=O)N1CC(CO)CCC1C. The molecule has 0 saturated carbocycles. The maximum absolute atomic E-state index is 12.5. The predicted molar refractivity (Wildman–Crippen MR) is 76.6 cm³/mol. The Morgan fingerprint density at radius 3 is 2.90 bits per heavy atom. The predicted octanol–water partition coefficient (Wildman–Crippen LogP) is 1.02. The summed E-state index contributed by atoms with van der Waals surface area (Å²) in [6.45, 7) is 4.28. The molecule has 3 unspecified atom stereocenters. The highest BCUT2D eigenvalue weighted by Crippen LogP contribution is 2.22. The van der Waals surface area contributed by atoms with Gasteiger partial charge in [-0.05, 0) is 44.7 Å². The number of piperidine rings is 1. The zero-order chi connectivity index (χ0) is 15.4. The molecular weight excluding hydrogens is 272 g/mol. The van der Waals surface area contributed by atoms with Gasteiger partial charge in [-0.15, -0.1) is 0 Å². The van der Waals surface area contributed by atoms with Crippen molar-refractivity contribution in [2.75, 3.05) is 13.2 Å². The molecule has 0 spiro atoms. The monoisotopic (exact) mass is 294 g/mol. The fraction of sp³-hybridized carbons (Fsp3) is 0.600. The van der Waals surface area contributed by atoms with E-state index < -0.39 is 11.9 Å². The van der Waals surface area contributed by atoms with Gasteiger partial charge in [-0.3, -0.25) is 9.59 Å². The molecule has 1 saturated heterocycles. The number of carbonyl (C=O) groups is 2. The largest absolute Gasteiger partial charge is 0.459 e. The molecular formula is C15H22N2O4. The fourth-order valence-corrected chi connectivity index (χ4v) is 2.62. The van der Waals surface area contributed by atoms with E-state index in [1.54, 1.807) is 24.0 Å². The van der Waals surface area contributed by atoms with Crippen molar-refractivity contribution in [2.45, 2.75) is 38.8 Å². The molecule has 21 heavy (non-hydrogen) atoms. The minimum atomic E-state index is -0.623. The number of aliphatic hydroxyl groups excluding tert-OH is 1. The third kappa shape index (κ3) is 3.64. The van der Waals surface area contributed by atoms with Crippen LogP contribution >= 0.6 is 0 Å². The Morgan fingerprint density at radius 1 is 1.52 bits per heavy atom. The van der Waals surface area contributed by atoms with Gasteiger partial charge in [0.1, 0.15) is 6.04 Å². The molecule has 1 aromatic rings. The third-order valence-corrected chi connectivity index (χ3v) is 3.98. The number of nitrogens with zero attached hydrogens (tertiary/aromatic N) is 1. The summed E-state index contributed by atoms with van der Waals surface area (Å²) in [6, 6.07) is 2.68. The summed E-state index contributed by atoms with van der Waals surface area (Å²) in [5.41, 5.74) is 0. The second-order valence-electron chi connectivity index (χ2n) is 5.64. The van der Waals surface area contributed by atoms with E-state index in [-0.39, 0.29) is 30.2 Å². The number of aliphatic hydroxyl groups is 1. The molecule has 1 aromatic heterocycles. The summed E-state index contributed by atoms with van der Waals surface area (Å²) < 4.78 is 5.01. The highest BCUT2D eigenvalue weighted by molar-refractivity contribution is 5.95. The van der Waals surface area contributed by atoms with E-state index in [9.17, 15) is 14.7 Å². The maximum atomic E-state index is 12.5. The van der Waals surface area contributed by atoms with Gasteiger partial charge in [0.2, 0.25) is 5.91 Å². The van der Waals surface area contributed by atoms with Crippen molar-refractivity contribution in [1.82, 2.24) is 10.2 Å². The minimum Gasteiger partial charge on any atom is -0.459 e. The molecule has 6 heteroatoms. The van der Waals surface area contributed by atoms with Gasteiger partial charge in [-0.2, -0.15) is 0 Å². The van der Waals surface area contributed by atoms with E-state index >= 15 is 0 Å². The smallest absolute Gasteiger partial charge is 0.287 e. The topological polar surface area (TPSA) is 82.8 Å². The Balaban J connectivity index is 1.96. The van der Waals surface area contributed by atoms with Crippen molar-refractivity contribution in [3.8, 4) is 0 Å². The number of carbonyl (C=O) groups excluding carboxylic acids is 2. The van der Waals surface area contributed by atoms with Crippen LogP contribution < -0.4 is 5.32 Å². The van der Waals surface area contributed by atoms with Crippen molar-refractivity contribution in [1.29, 1.82) is 0 Å². The molecule has 2 heterocycles.